The van der Waals surface area contributed by atoms with Crippen LogP contribution in [0.3, 0.4) is 0 Å². The number of carboxylic acids is 1. The van der Waals surface area contributed by atoms with Crippen LogP contribution in [0.15, 0.2) is 36.5 Å². The smallest absolute Gasteiger partial charge is 0.409 e. The number of carbonyl (C=O) groups is 2. The molecule has 0 saturated carbocycles. The van der Waals surface area contributed by atoms with Gasteiger partial charge in [0.1, 0.15) is 16.2 Å². The van der Waals surface area contributed by atoms with Crippen molar-refractivity contribution in [3.05, 3.63) is 58.4 Å². The number of amides is 1. The Morgan fingerprint density at radius 1 is 1.10 bits per heavy atom. The zero-order valence-electron chi connectivity index (χ0n) is 28.9. The van der Waals surface area contributed by atoms with Crippen molar-refractivity contribution >= 4 is 56.4 Å². The van der Waals surface area contributed by atoms with Crippen LogP contribution < -0.4 is 0 Å². The zero-order valence-corrected chi connectivity index (χ0v) is 30.5. The summed E-state index contributed by atoms with van der Waals surface area (Å²) in [5.74, 6) is -0.839. The van der Waals surface area contributed by atoms with Crippen LogP contribution in [-0.4, -0.2) is 96.6 Å². The Balaban J connectivity index is 1.25. The monoisotopic (exact) mass is 717 g/mol. The Kier molecular flexibility index (Phi) is 9.04. The van der Waals surface area contributed by atoms with Gasteiger partial charge in [-0.25, -0.2) is 29.2 Å². The van der Waals surface area contributed by atoms with E-state index < -0.39 is 17.7 Å². The number of likely N-dealkylation sites (tertiary alicyclic amines) is 2. The lowest BCUT2D eigenvalue weighted by Gasteiger charge is -2.46. The maximum atomic E-state index is 12.7. The molecule has 2 fully saturated rings. The minimum atomic E-state index is -1.20. The number of hydrogen-bond acceptors (Lipinski definition) is 10. The third kappa shape index (κ3) is 6.43. The lowest BCUT2D eigenvalue weighted by Crippen LogP contribution is -2.62. The molecule has 0 radical (unpaired) electrons. The average molecular weight is 718 g/mol. The molecule has 5 aromatic rings. The number of methoxy groups -OCH3 is 1. The summed E-state index contributed by atoms with van der Waals surface area (Å²) in [7, 11) is 3.31. The maximum absolute atomic E-state index is 12.7. The van der Waals surface area contributed by atoms with Gasteiger partial charge in [-0.15, -0.1) is 11.3 Å². The third-order valence-electron chi connectivity index (χ3n) is 9.53. The number of benzene rings is 2. The number of hydrogen-bond donors (Lipinski definition) is 1. The van der Waals surface area contributed by atoms with E-state index in [0.29, 0.717) is 46.1 Å². The van der Waals surface area contributed by atoms with Gasteiger partial charge in [0.15, 0.2) is 11.8 Å². The van der Waals surface area contributed by atoms with Crippen molar-refractivity contribution in [2.45, 2.75) is 64.2 Å². The first-order valence-corrected chi connectivity index (χ1v) is 17.9. The molecule has 3 aromatic heterocycles. The predicted octanol–water partition coefficient (Wildman–Crippen LogP) is 6.84. The average Bonchev–Trinajstić information content (AvgIpc) is 3.63. The molecule has 0 spiro atoms. The van der Waals surface area contributed by atoms with Crippen LogP contribution in [0.4, 0.5) is 4.79 Å². The van der Waals surface area contributed by atoms with E-state index in [0.717, 1.165) is 64.0 Å². The van der Waals surface area contributed by atoms with Gasteiger partial charge in [0.2, 0.25) is 0 Å². The molecular formula is C36H40ClN7O5S. The Labute approximate surface area is 299 Å². The summed E-state index contributed by atoms with van der Waals surface area (Å²) in [5, 5.41) is 16.6. The van der Waals surface area contributed by atoms with Crippen molar-refractivity contribution in [1.29, 1.82) is 0 Å². The molecule has 0 aliphatic carbocycles. The fraction of sp³-hybridized carbons (Fsp3) is 0.444. The molecule has 2 aromatic carbocycles. The number of carbonyl (C=O) groups excluding carboxylic acids is 1. The molecule has 5 heterocycles. The van der Waals surface area contributed by atoms with Crippen LogP contribution in [-0.2, 0) is 21.3 Å². The van der Waals surface area contributed by atoms with Crippen LogP contribution in [0.5, 0.6) is 0 Å². The number of nitrogens with zero attached hydrogens (tertiary/aromatic N) is 7. The maximum Gasteiger partial charge on any atom is 0.409 e. The van der Waals surface area contributed by atoms with E-state index in [1.807, 2.05) is 52.9 Å². The highest BCUT2D eigenvalue weighted by Crippen LogP contribution is 2.44. The molecule has 262 valence electrons. The molecular weight excluding hydrogens is 678 g/mol. The molecule has 14 heteroatoms. The molecule has 1 amide bonds. The lowest BCUT2D eigenvalue weighted by atomic mass is 9.91. The van der Waals surface area contributed by atoms with Gasteiger partial charge in [0, 0.05) is 48.2 Å². The summed E-state index contributed by atoms with van der Waals surface area (Å²) < 4.78 is 13.6. The first-order valence-electron chi connectivity index (χ1n) is 16.7. The second-order valence-corrected chi connectivity index (χ2v) is 15.5. The van der Waals surface area contributed by atoms with Crippen molar-refractivity contribution in [3.63, 3.8) is 0 Å². The topological polar surface area (TPSA) is 136 Å². The number of thiazole rings is 1. The zero-order chi connectivity index (χ0) is 35.5. The van der Waals surface area contributed by atoms with Crippen LogP contribution in [0.1, 0.15) is 62.5 Å². The normalized spacial score (nSPS) is 17.0. The molecule has 0 unspecified atom stereocenters. The summed E-state index contributed by atoms with van der Waals surface area (Å²) >= 11 is 7.72. The van der Waals surface area contributed by atoms with E-state index in [1.165, 1.54) is 18.4 Å². The summed E-state index contributed by atoms with van der Waals surface area (Å²) in [5.41, 5.74) is 5.99. The lowest BCUT2D eigenvalue weighted by molar-refractivity contribution is -0.160. The largest absolute Gasteiger partial charge is 0.479 e. The molecule has 1 atom stereocenters. The molecule has 2 aliphatic heterocycles. The Morgan fingerprint density at radius 2 is 1.80 bits per heavy atom. The number of aryl methyl sites for hydroxylation is 2. The van der Waals surface area contributed by atoms with Crippen molar-refractivity contribution in [2.75, 3.05) is 33.3 Å². The molecule has 2 aliphatic rings. The van der Waals surface area contributed by atoms with Crippen molar-refractivity contribution in [2.24, 2.45) is 7.05 Å². The van der Waals surface area contributed by atoms with Gasteiger partial charge in [-0.05, 0) is 83.0 Å². The summed E-state index contributed by atoms with van der Waals surface area (Å²) in [6.07, 6.45) is 2.13. The SMILES string of the molecule is COC(=O)N1CC(N2CCC(c3nn(C)c4ncc(-c5nc6cc(C)c([C@H](OC(C)(C)C)C(=O)O)c(-c7ccc(Cl)cc7)c6s5)nc34)CC2)C1. The molecule has 50 heavy (non-hydrogen) atoms. The second-order valence-electron chi connectivity index (χ2n) is 14.1. The number of halogens is 1. The second kappa shape index (κ2) is 13.2. The molecule has 2 saturated heterocycles. The molecule has 1 N–H and O–H groups in total. The van der Waals surface area contributed by atoms with Gasteiger partial charge in [0.05, 0.1) is 34.8 Å². The fourth-order valence-corrected chi connectivity index (χ4v) is 8.28. The van der Waals surface area contributed by atoms with Crippen molar-refractivity contribution < 1.29 is 24.2 Å². The molecule has 7 rings (SSSR count). The minimum absolute atomic E-state index is 0.226. The number of piperidine rings is 1. The van der Waals surface area contributed by atoms with E-state index in [9.17, 15) is 14.7 Å². The molecule has 12 nitrogen and oxygen atoms in total. The van der Waals surface area contributed by atoms with E-state index in [-0.39, 0.29) is 12.0 Å². The van der Waals surface area contributed by atoms with E-state index >= 15 is 0 Å². The van der Waals surface area contributed by atoms with Crippen LogP contribution >= 0.6 is 22.9 Å². The fourth-order valence-electron chi connectivity index (χ4n) is 7.08. The number of aromatic nitrogens is 5. The van der Waals surface area contributed by atoms with Gasteiger partial charge >= 0.3 is 12.1 Å². The number of rotatable bonds is 7. The summed E-state index contributed by atoms with van der Waals surface area (Å²) in [6.45, 7) is 10.7. The standard InChI is InChI=1S/C36H40ClN7O5S/c1-19-15-24-31(27(20-7-9-22(37)10-8-20)26(19)30(34(45)46)49-36(2,3)4)50-33(40-24)25-16-38-32-29(39-25)28(41-42(32)5)21-11-13-43(14-12-21)23-17-44(18-23)35(47)48-6/h7-10,15-16,21,23,30H,11-14,17-18H2,1-6H3,(H,45,46)/t30-/m0/s1. The number of carboxylic acid groups (broad SMARTS) is 1. The van der Waals surface area contributed by atoms with Gasteiger partial charge < -0.3 is 19.5 Å². The van der Waals surface area contributed by atoms with Crippen molar-refractivity contribution in [1.82, 2.24) is 34.5 Å². The Hall–Kier alpha value is -4.17. The first-order chi connectivity index (χ1) is 23.8. The highest BCUT2D eigenvalue weighted by Gasteiger charge is 2.38. The van der Waals surface area contributed by atoms with Crippen molar-refractivity contribution in [3.8, 4) is 21.8 Å². The highest BCUT2D eigenvalue weighted by atomic mass is 35.5. The Morgan fingerprint density at radius 3 is 2.44 bits per heavy atom. The number of fused-ring (bicyclic) bond motifs is 2. The van der Waals surface area contributed by atoms with E-state index in [1.54, 1.807) is 27.9 Å². The number of aliphatic carboxylic acids is 1. The van der Waals surface area contributed by atoms with Crippen LogP contribution in [0.2, 0.25) is 5.02 Å². The third-order valence-corrected chi connectivity index (χ3v) is 10.9. The quantitative estimate of drug-likeness (QED) is 0.191. The minimum Gasteiger partial charge on any atom is -0.479 e. The summed E-state index contributed by atoms with van der Waals surface area (Å²) in [6, 6.07) is 9.67. The number of ether oxygens (including phenoxy) is 2. The van der Waals surface area contributed by atoms with Gasteiger partial charge in [-0.2, -0.15) is 5.10 Å². The van der Waals surface area contributed by atoms with E-state index in [4.69, 9.17) is 41.1 Å². The van der Waals surface area contributed by atoms with Crippen LogP contribution in [0.25, 0.3) is 43.2 Å². The van der Waals surface area contributed by atoms with E-state index in [2.05, 4.69) is 4.90 Å². The Bertz CT molecular complexity index is 2090. The van der Waals surface area contributed by atoms with Gasteiger partial charge in [0.25, 0.3) is 0 Å². The predicted molar refractivity (Wildman–Crippen MR) is 193 cm³/mol. The van der Waals surface area contributed by atoms with Gasteiger partial charge in [-0.3, -0.25) is 4.90 Å². The summed E-state index contributed by atoms with van der Waals surface area (Å²) in [4.78, 5) is 43.7. The van der Waals surface area contributed by atoms with Crippen LogP contribution in [0, 0.1) is 6.92 Å². The first kappa shape index (κ1) is 34.3. The van der Waals surface area contributed by atoms with Gasteiger partial charge in [-0.1, -0.05) is 23.7 Å². The molecule has 0 bridgehead atoms. The highest BCUT2D eigenvalue weighted by molar-refractivity contribution is 7.22.